The Bertz CT molecular complexity index is 758. The lowest BCUT2D eigenvalue weighted by atomic mass is 10.0. The second-order valence-electron chi connectivity index (χ2n) is 6.77. The van der Waals surface area contributed by atoms with Crippen LogP contribution in [-0.4, -0.2) is 46.8 Å². The predicted octanol–water partition coefficient (Wildman–Crippen LogP) is 2.50. The zero-order chi connectivity index (χ0) is 17.8. The van der Waals surface area contributed by atoms with Crippen molar-refractivity contribution < 1.29 is 4.39 Å². The molecular weight excluding hydrogens is 331 g/mol. The van der Waals surface area contributed by atoms with Gasteiger partial charge < -0.3 is 10.7 Å². The van der Waals surface area contributed by atoms with E-state index in [4.69, 9.17) is 0 Å². The van der Waals surface area contributed by atoms with Crippen LogP contribution in [0.4, 0.5) is 10.2 Å². The van der Waals surface area contributed by atoms with E-state index in [2.05, 4.69) is 30.7 Å². The summed E-state index contributed by atoms with van der Waals surface area (Å²) in [4.78, 5) is 10.9. The Hall–Kier alpha value is -2.54. The van der Waals surface area contributed by atoms with Gasteiger partial charge in [-0.25, -0.2) is 14.4 Å². The number of hydrazone groups is 1. The molecule has 3 heterocycles. The van der Waals surface area contributed by atoms with Crippen LogP contribution in [0.25, 0.3) is 0 Å². The molecule has 1 unspecified atom stereocenters. The zero-order valence-electron chi connectivity index (χ0n) is 14.6. The van der Waals surface area contributed by atoms with Crippen LogP contribution in [0.1, 0.15) is 35.8 Å². The molecule has 4 rings (SSSR count). The number of alkyl halides is 1. The number of fused-ring (bicyclic) bond motifs is 1. The fourth-order valence-corrected chi connectivity index (χ4v) is 3.50. The molecule has 1 fully saturated rings. The predicted molar refractivity (Wildman–Crippen MR) is 99.8 cm³/mol. The molecule has 0 spiro atoms. The average molecular weight is 354 g/mol. The van der Waals surface area contributed by atoms with Gasteiger partial charge in [0.25, 0.3) is 0 Å². The van der Waals surface area contributed by atoms with E-state index < -0.39 is 6.17 Å². The Labute approximate surface area is 152 Å². The first-order valence-corrected chi connectivity index (χ1v) is 9.07. The van der Waals surface area contributed by atoms with Crippen molar-refractivity contribution in [1.82, 2.24) is 20.3 Å². The number of hydrogen-bond donors (Lipinski definition) is 2. The minimum absolute atomic E-state index is 0.336. The van der Waals surface area contributed by atoms with Gasteiger partial charge in [0.1, 0.15) is 18.3 Å². The summed E-state index contributed by atoms with van der Waals surface area (Å²) >= 11 is 0. The SMILES string of the molecule is FC(CN1CCC(Nc2ncnc3c2C=NNC3)CC1)c1ccccc1. The van der Waals surface area contributed by atoms with Gasteiger partial charge in [0, 0.05) is 25.7 Å². The van der Waals surface area contributed by atoms with Crippen molar-refractivity contribution in [2.45, 2.75) is 31.6 Å². The fourth-order valence-electron chi connectivity index (χ4n) is 3.50. The number of rotatable bonds is 5. The Kier molecular flexibility index (Phi) is 5.06. The number of aromatic nitrogens is 2. The monoisotopic (exact) mass is 354 g/mol. The first-order chi connectivity index (χ1) is 12.8. The molecule has 2 aliphatic heterocycles. The van der Waals surface area contributed by atoms with E-state index in [0.29, 0.717) is 19.1 Å². The first-order valence-electron chi connectivity index (χ1n) is 9.07. The number of nitrogens with one attached hydrogen (secondary N) is 2. The lowest BCUT2D eigenvalue weighted by molar-refractivity contribution is 0.162. The van der Waals surface area contributed by atoms with Crippen LogP contribution in [0, 0.1) is 0 Å². The highest BCUT2D eigenvalue weighted by atomic mass is 19.1. The van der Waals surface area contributed by atoms with Crippen molar-refractivity contribution in [3.05, 3.63) is 53.5 Å². The summed E-state index contributed by atoms with van der Waals surface area (Å²) < 4.78 is 14.5. The molecule has 2 N–H and O–H groups in total. The summed E-state index contributed by atoms with van der Waals surface area (Å²) in [6.45, 7) is 2.85. The average Bonchev–Trinajstić information content (AvgIpc) is 2.70. The molecule has 1 aromatic carbocycles. The number of piperidine rings is 1. The van der Waals surface area contributed by atoms with Crippen molar-refractivity contribution in [1.29, 1.82) is 0 Å². The molecule has 7 heteroatoms. The first kappa shape index (κ1) is 16.9. The van der Waals surface area contributed by atoms with Crippen molar-refractivity contribution >= 4 is 12.0 Å². The van der Waals surface area contributed by atoms with Crippen molar-refractivity contribution in [2.75, 3.05) is 25.0 Å². The molecule has 0 bridgehead atoms. The Morgan fingerprint density at radius 1 is 1.19 bits per heavy atom. The third-order valence-corrected chi connectivity index (χ3v) is 5.01. The Balaban J connectivity index is 1.31. The van der Waals surface area contributed by atoms with E-state index in [9.17, 15) is 4.39 Å². The van der Waals surface area contributed by atoms with Gasteiger partial charge in [-0.15, -0.1) is 0 Å². The van der Waals surface area contributed by atoms with E-state index in [1.807, 2.05) is 30.3 Å². The molecule has 2 aliphatic rings. The molecule has 0 aliphatic carbocycles. The second kappa shape index (κ2) is 7.78. The zero-order valence-corrected chi connectivity index (χ0v) is 14.6. The maximum Gasteiger partial charge on any atom is 0.138 e. The number of nitrogens with zero attached hydrogens (tertiary/aromatic N) is 4. The molecule has 0 radical (unpaired) electrons. The van der Waals surface area contributed by atoms with Gasteiger partial charge in [0.2, 0.25) is 0 Å². The minimum Gasteiger partial charge on any atom is -0.367 e. The highest BCUT2D eigenvalue weighted by Crippen LogP contribution is 2.23. The summed E-state index contributed by atoms with van der Waals surface area (Å²) in [5.74, 6) is 0.839. The van der Waals surface area contributed by atoms with E-state index in [1.165, 1.54) is 0 Å². The van der Waals surface area contributed by atoms with E-state index >= 15 is 0 Å². The Morgan fingerprint density at radius 2 is 2.00 bits per heavy atom. The number of hydrogen-bond acceptors (Lipinski definition) is 6. The largest absolute Gasteiger partial charge is 0.367 e. The van der Waals surface area contributed by atoms with Gasteiger partial charge in [-0.3, -0.25) is 4.90 Å². The molecule has 6 nitrogen and oxygen atoms in total. The second-order valence-corrected chi connectivity index (χ2v) is 6.77. The molecule has 1 aromatic heterocycles. The van der Waals surface area contributed by atoms with Crippen LogP contribution < -0.4 is 10.7 Å². The summed E-state index contributed by atoms with van der Waals surface area (Å²) in [7, 11) is 0. The van der Waals surface area contributed by atoms with Crippen molar-refractivity contribution in [2.24, 2.45) is 5.10 Å². The third-order valence-electron chi connectivity index (χ3n) is 5.01. The van der Waals surface area contributed by atoms with Gasteiger partial charge in [0.15, 0.2) is 0 Å². The molecular formula is C19H23FN6. The van der Waals surface area contributed by atoms with Gasteiger partial charge in [-0.1, -0.05) is 30.3 Å². The minimum atomic E-state index is -0.932. The van der Waals surface area contributed by atoms with Crippen LogP contribution >= 0.6 is 0 Å². The van der Waals surface area contributed by atoms with Gasteiger partial charge in [-0.05, 0) is 18.4 Å². The third kappa shape index (κ3) is 3.83. The summed E-state index contributed by atoms with van der Waals surface area (Å²) in [6, 6.07) is 9.74. The quantitative estimate of drug-likeness (QED) is 0.864. The van der Waals surface area contributed by atoms with E-state index in [1.54, 1.807) is 12.5 Å². The van der Waals surface area contributed by atoms with Crippen molar-refractivity contribution in [3.8, 4) is 0 Å². The molecule has 26 heavy (non-hydrogen) atoms. The van der Waals surface area contributed by atoms with Gasteiger partial charge >= 0.3 is 0 Å². The van der Waals surface area contributed by atoms with Crippen LogP contribution in [-0.2, 0) is 6.54 Å². The molecule has 136 valence electrons. The maximum atomic E-state index is 14.5. The summed E-state index contributed by atoms with van der Waals surface area (Å²) in [6.07, 6.45) is 4.36. The van der Waals surface area contributed by atoms with Crippen LogP contribution in [0.2, 0.25) is 0 Å². The van der Waals surface area contributed by atoms with Crippen LogP contribution in [0.15, 0.2) is 41.8 Å². The fraction of sp³-hybridized carbons (Fsp3) is 0.421. The van der Waals surface area contributed by atoms with Crippen molar-refractivity contribution in [3.63, 3.8) is 0 Å². The topological polar surface area (TPSA) is 65.4 Å². The number of anilines is 1. The molecule has 1 saturated heterocycles. The van der Waals surface area contributed by atoms with Gasteiger partial charge in [-0.2, -0.15) is 5.10 Å². The van der Waals surface area contributed by atoms with Crippen LogP contribution in [0.5, 0.6) is 0 Å². The highest BCUT2D eigenvalue weighted by Gasteiger charge is 2.23. The standard InChI is InChI=1S/C19H23FN6/c20-17(14-4-2-1-3-5-14)12-26-8-6-15(7-9-26)25-19-16-10-23-24-11-18(16)21-13-22-19/h1-5,10,13,15,17,24H,6-9,11-12H2,(H,21,22,25). The number of benzene rings is 1. The molecule has 0 amide bonds. The highest BCUT2D eigenvalue weighted by molar-refractivity contribution is 5.88. The molecule has 2 aromatic rings. The molecule has 0 saturated carbocycles. The summed E-state index contributed by atoms with van der Waals surface area (Å²) in [5.41, 5.74) is 5.59. The number of halogens is 1. The van der Waals surface area contributed by atoms with E-state index in [-0.39, 0.29) is 0 Å². The smallest absolute Gasteiger partial charge is 0.138 e. The van der Waals surface area contributed by atoms with E-state index in [0.717, 1.165) is 48.6 Å². The van der Waals surface area contributed by atoms with Crippen LogP contribution in [0.3, 0.4) is 0 Å². The Morgan fingerprint density at radius 3 is 2.81 bits per heavy atom. The number of likely N-dealkylation sites (tertiary alicyclic amines) is 1. The normalized spacial score (nSPS) is 18.8. The maximum absolute atomic E-state index is 14.5. The molecule has 1 atom stereocenters. The summed E-state index contributed by atoms with van der Waals surface area (Å²) in [5, 5.41) is 7.62. The lowest BCUT2D eigenvalue weighted by Crippen LogP contribution is -2.40. The lowest BCUT2D eigenvalue weighted by Gasteiger charge is -2.33. The van der Waals surface area contributed by atoms with Gasteiger partial charge in [0.05, 0.1) is 24.0 Å².